The number of ether oxygens (including phenoxy) is 4. The van der Waals surface area contributed by atoms with Crippen molar-refractivity contribution in [3.8, 4) is 68.0 Å². The van der Waals surface area contributed by atoms with Crippen molar-refractivity contribution in [1.82, 2.24) is 113 Å². The van der Waals surface area contributed by atoms with Gasteiger partial charge in [0.1, 0.15) is 79.6 Å². The third-order valence-corrected chi connectivity index (χ3v) is 30.5. The number of hydrogen-bond donors (Lipinski definition) is 6. The molecule has 0 saturated carbocycles. The molecular formula is C93H84F9N27O17S4. The average Bonchev–Trinajstić information content (AvgIpc) is 1.70. The van der Waals surface area contributed by atoms with Crippen molar-refractivity contribution in [1.29, 1.82) is 0 Å². The Hall–Kier alpha value is -17.2. The predicted molar refractivity (Wildman–Crippen MR) is 516 cm³/mol. The molecule has 1 aliphatic rings. The van der Waals surface area contributed by atoms with Gasteiger partial charge in [-0.15, -0.1) is 0 Å². The first-order valence-electron chi connectivity index (χ1n) is 44.6. The maximum atomic E-state index is 13.4. The summed E-state index contributed by atoms with van der Waals surface area (Å²) < 4.78 is 256. The highest BCUT2D eigenvalue weighted by atomic mass is 32.2. The zero-order valence-electron chi connectivity index (χ0n) is 78.9. The number of hydrogen-bond acceptors (Lipinski definition) is 31. The van der Waals surface area contributed by atoms with Crippen LogP contribution in [0.2, 0.25) is 0 Å². The number of halogens is 9. The number of aliphatic hydroxyl groups excluding tert-OH is 1. The second-order valence-electron chi connectivity index (χ2n) is 32.8. The lowest BCUT2D eigenvalue weighted by atomic mass is 10.1. The molecule has 0 bridgehead atoms. The molecule has 5 aromatic carbocycles. The third kappa shape index (κ3) is 23.3. The predicted octanol–water partition coefficient (Wildman–Crippen LogP) is 12.2. The third-order valence-electron chi connectivity index (χ3n) is 22.6. The van der Waals surface area contributed by atoms with Crippen LogP contribution in [0.1, 0.15) is 74.5 Å². The fourth-order valence-corrected chi connectivity index (χ4v) is 21.5. The summed E-state index contributed by atoms with van der Waals surface area (Å²) in [6, 6.07) is 28.0. The number of sulfone groups is 4. The molecule has 19 rings (SSSR count). The molecule has 150 heavy (non-hydrogen) atoms. The topological polar surface area (TPSA) is 532 Å². The van der Waals surface area contributed by atoms with Gasteiger partial charge in [0.2, 0.25) is 19.7 Å². The number of aromatic nitrogens is 22. The van der Waals surface area contributed by atoms with E-state index in [9.17, 15) is 97.5 Å². The van der Waals surface area contributed by atoms with Gasteiger partial charge >= 0.3 is 26.4 Å². The van der Waals surface area contributed by atoms with E-state index >= 15 is 0 Å². The Morgan fingerprint density at radius 1 is 0.420 bits per heavy atom. The van der Waals surface area contributed by atoms with Crippen molar-refractivity contribution < 1.29 is 116 Å². The quantitative estimate of drug-likeness (QED) is 0.0213. The fraction of sp³-hybridized carbons (Fsp3) is 0.215. The molecule has 4 amide bonds. The number of nitrogens with zero attached hydrogens (tertiary/aromatic N) is 22. The number of benzene rings is 5. The minimum absolute atomic E-state index is 0.000896. The molecule has 780 valence electrons. The van der Waals surface area contributed by atoms with Gasteiger partial charge in [-0.05, 0) is 142 Å². The highest BCUT2D eigenvalue weighted by Crippen LogP contribution is 2.44. The number of carbonyl (C=O) groups excluding carboxylic acids is 4. The number of fused-ring (bicyclic) bond motifs is 4. The fourth-order valence-electron chi connectivity index (χ4n) is 15.7. The number of carbonyl (C=O) groups is 4. The van der Waals surface area contributed by atoms with Crippen molar-refractivity contribution in [3.05, 3.63) is 261 Å². The zero-order chi connectivity index (χ0) is 107. The first-order valence-corrected chi connectivity index (χ1v) is 50.6. The Kier molecular flexibility index (Phi) is 31.4. The van der Waals surface area contributed by atoms with Gasteiger partial charge in [0.25, 0.3) is 23.6 Å². The Morgan fingerprint density at radius 3 is 1.07 bits per heavy atom. The van der Waals surface area contributed by atoms with Crippen LogP contribution in [0.3, 0.4) is 0 Å². The van der Waals surface area contributed by atoms with Gasteiger partial charge in [0.15, 0.2) is 42.3 Å². The molecule has 1 aliphatic heterocycles. The summed E-state index contributed by atoms with van der Waals surface area (Å²) in [5, 5.41) is 58.8. The molecule has 3 atom stereocenters. The second-order valence-corrected chi connectivity index (χ2v) is 41.2. The lowest BCUT2D eigenvalue weighted by Gasteiger charge is -2.23. The summed E-state index contributed by atoms with van der Waals surface area (Å²) in [4.78, 5) is 68.0. The molecule has 0 radical (unpaired) electrons. The summed E-state index contributed by atoms with van der Waals surface area (Å²) in [6.45, 7) is -9.72. The largest absolute Gasteiger partial charge is 0.434 e. The van der Waals surface area contributed by atoms with E-state index in [4.69, 9.17) is 0 Å². The normalized spacial score (nSPS) is 13.3. The lowest BCUT2D eigenvalue weighted by Crippen LogP contribution is -2.38. The summed E-state index contributed by atoms with van der Waals surface area (Å²) in [7, 11) is -9.84. The Bertz CT molecular complexity index is 8570. The number of aliphatic hydroxyl groups is 1. The summed E-state index contributed by atoms with van der Waals surface area (Å²) in [5.41, 5.74) is 2.08. The van der Waals surface area contributed by atoms with Crippen molar-refractivity contribution in [2.75, 3.05) is 41.0 Å². The van der Waals surface area contributed by atoms with E-state index in [0.717, 1.165) is 55.2 Å². The SMILES string of the molecule is CCC(CF)S(=O)(=O)c1ccc(OC(F)F)c(-c2nn(C)cc2NC(=O)c2cnn3cccnc23)c1.C[C@H](O)Cn1cc(S(=O)(=O)c2ccc(OC(F)F)c(-c3nn(C)cc3NC(=O)c3cnn4cccnc34)c2)cn1.Cn1cc(NC(=O)c2cnn3cccnc23)c(-c2cc(S(=O)(=O)C3CCCNC3)ccc2OC(F)F)n1.Cn1cc(NC(=O)c2cnn3cccnc23)c(-c2cc(S(=O)(=O)c3ccccc3)ccc2OC(F)F)n1. The number of nitrogens with one attached hydrogen (secondary N) is 5. The van der Waals surface area contributed by atoms with Crippen LogP contribution in [0.25, 0.3) is 67.6 Å². The number of anilines is 4. The number of rotatable bonds is 32. The van der Waals surface area contributed by atoms with Crippen LogP contribution in [0, 0.1) is 0 Å². The molecule has 14 heterocycles. The van der Waals surface area contributed by atoms with Crippen LogP contribution in [0.4, 0.5) is 62.3 Å². The van der Waals surface area contributed by atoms with Crippen LogP contribution in [0.15, 0.2) is 268 Å². The van der Waals surface area contributed by atoms with Gasteiger partial charge in [-0.25, -0.2) is 76.1 Å². The molecule has 6 N–H and O–H groups in total. The molecule has 1 saturated heterocycles. The summed E-state index contributed by atoms with van der Waals surface area (Å²) in [5.74, 6) is -3.66. The summed E-state index contributed by atoms with van der Waals surface area (Å²) in [6.07, 6.45) is 26.4. The first-order chi connectivity index (χ1) is 71.6. The molecule has 1 fully saturated rings. The van der Waals surface area contributed by atoms with Gasteiger partial charge in [-0.3, -0.25) is 42.6 Å². The van der Waals surface area contributed by atoms with Gasteiger partial charge in [0.05, 0.1) is 101 Å². The molecule has 44 nitrogen and oxygen atoms in total. The number of piperidine rings is 1. The van der Waals surface area contributed by atoms with Gasteiger partial charge in [-0.2, -0.15) is 81.0 Å². The van der Waals surface area contributed by atoms with Crippen molar-refractivity contribution in [2.45, 2.75) is 112 Å². The van der Waals surface area contributed by atoms with Crippen LogP contribution in [-0.2, 0) is 74.1 Å². The van der Waals surface area contributed by atoms with Crippen LogP contribution in [0.5, 0.6) is 23.0 Å². The summed E-state index contributed by atoms with van der Waals surface area (Å²) >= 11 is 0. The second kappa shape index (κ2) is 44.6. The van der Waals surface area contributed by atoms with E-state index in [0.29, 0.717) is 30.7 Å². The number of alkyl halides is 9. The number of amides is 4. The van der Waals surface area contributed by atoms with Gasteiger partial charge in [0, 0.05) is 138 Å². The van der Waals surface area contributed by atoms with Crippen LogP contribution in [-0.4, -0.2) is 233 Å². The molecule has 0 aliphatic carbocycles. The molecule has 0 spiro atoms. The van der Waals surface area contributed by atoms with E-state index in [1.54, 1.807) is 88.4 Å². The molecule has 13 aromatic heterocycles. The maximum Gasteiger partial charge on any atom is 0.387 e. The zero-order valence-corrected chi connectivity index (χ0v) is 82.1. The highest BCUT2D eigenvalue weighted by molar-refractivity contribution is 7.92. The number of aryl methyl sites for hydroxylation is 4. The van der Waals surface area contributed by atoms with Crippen LogP contribution >= 0.6 is 0 Å². The van der Waals surface area contributed by atoms with Crippen molar-refractivity contribution in [2.24, 2.45) is 28.2 Å². The first kappa shape index (κ1) is 106. The maximum absolute atomic E-state index is 13.4. The Labute approximate surface area is 843 Å². The minimum Gasteiger partial charge on any atom is -0.434 e. The Morgan fingerprint density at radius 2 is 0.747 bits per heavy atom. The standard InChI is InChI=1S/C24H22F2N8O5S.C24H18F2N6O4S.C23H23F2N7O4S.C22H21F3N6O4S/c1-14(35)11-33-12-16(9-28-33)40(37,38)15-4-5-20(39-24(25)26)17(8-15)21-19(13-32(2)31-21)30-23(36)18-10-29-34-7-3-6-27-22(18)34;1-31-14-19(29-23(33)18-13-28-32-11-5-10-27-22(18)32)21(30-31)17-12-16(8-9-20(17)36-24(25)26)37(34,35)15-6-3-2-4-7-15;1-31-13-18(29-22(33)17-12-28-32-9-3-8-27-21(17)32)20(30-31)16-10-14(5-6-19(16)36-23(24)25)37(34,35)15-4-2-7-26-11-15;1-3-13(10-23)36(33,34)14-5-6-18(35-22(24)25)15(9-14)19-17(12-30(2)29-19)28-21(32)16-11-27-31-8-4-7-26-20(16)31/h3-10,12-14,24,35H,11H2,1-2H3,(H,30,36);2-14,24H,1H3,(H,29,33);3,5-6,8-10,12-13,15,23,26H,2,4,7,11H2,1H3,(H,29,33);4-9,11-13,22H,3,10H2,1-2H3,(H,28,32)/t14-;;;/m0.../s1. The van der Waals surface area contributed by atoms with Gasteiger partial charge in [-0.1, -0.05) is 25.1 Å². The van der Waals surface area contributed by atoms with Crippen LogP contribution < -0.4 is 45.5 Å². The molecule has 18 aromatic rings. The monoisotopic (exact) mass is 2150 g/mol. The lowest BCUT2D eigenvalue weighted by molar-refractivity contribution is -0.0501. The van der Waals surface area contributed by atoms with Crippen molar-refractivity contribution >= 4 is 108 Å². The highest BCUT2D eigenvalue weighted by Gasteiger charge is 2.36. The Balaban J connectivity index is 0.000000142. The van der Waals surface area contributed by atoms with E-state index in [2.05, 4.69) is 111 Å². The van der Waals surface area contributed by atoms with E-state index in [-0.39, 0.29) is 167 Å². The molecular weight excluding hydrogens is 2070 g/mol. The molecule has 2 unspecified atom stereocenters. The average molecular weight is 2150 g/mol. The smallest absolute Gasteiger partial charge is 0.387 e. The van der Waals surface area contributed by atoms with Crippen molar-refractivity contribution in [3.63, 3.8) is 0 Å². The minimum atomic E-state index is -4.17. The van der Waals surface area contributed by atoms with E-state index < -0.39 is 113 Å². The molecule has 57 heteroatoms. The van der Waals surface area contributed by atoms with Gasteiger partial charge < -0.3 is 50.6 Å². The van der Waals surface area contributed by atoms with E-state index in [1.165, 1.54) is 185 Å². The van der Waals surface area contributed by atoms with E-state index in [1.807, 2.05) is 0 Å².